The van der Waals surface area contributed by atoms with E-state index in [0.29, 0.717) is 6.04 Å². The molecule has 19 heavy (non-hydrogen) atoms. The largest absolute Gasteiger partial charge is 0.377 e. The molecule has 0 aliphatic rings. The van der Waals surface area contributed by atoms with Crippen LogP contribution in [0.3, 0.4) is 0 Å². The predicted octanol–water partition coefficient (Wildman–Crippen LogP) is 3.49. The molecule has 1 heterocycles. The number of hydrogen-bond acceptors (Lipinski definition) is 4. The maximum Gasteiger partial charge on any atom is 0.0947 e. The number of aryl methyl sites for hydroxylation is 2. The van der Waals surface area contributed by atoms with Gasteiger partial charge in [0.2, 0.25) is 0 Å². The lowest BCUT2D eigenvalue weighted by Crippen LogP contribution is -2.43. The van der Waals surface area contributed by atoms with Gasteiger partial charge >= 0.3 is 0 Å². The summed E-state index contributed by atoms with van der Waals surface area (Å²) in [5.74, 6) is 0. The maximum absolute atomic E-state index is 5.87. The first-order valence-electron chi connectivity index (χ1n) is 7.40. The van der Waals surface area contributed by atoms with Crippen molar-refractivity contribution in [1.82, 2.24) is 10.3 Å². The van der Waals surface area contributed by atoms with Crippen LogP contribution in [0, 0.1) is 13.8 Å². The quantitative estimate of drug-likeness (QED) is 0.754. The summed E-state index contributed by atoms with van der Waals surface area (Å²) in [4.78, 5) is 5.99. The summed E-state index contributed by atoms with van der Waals surface area (Å²) in [5, 5.41) is 4.85. The lowest BCUT2D eigenvalue weighted by molar-refractivity contribution is 0.0319. The van der Waals surface area contributed by atoms with E-state index < -0.39 is 0 Å². The molecule has 2 atom stereocenters. The minimum Gasteiger partial charge on any atom is -0.377 e. The van der Waals surface area contributed by atoms with Crippen LogP contribution in [0.2, 0.25) is 0 Å². The Balaban J connectivity index is 2.71. The van der Waals surface area contributed by atoms with E-state index in [1.165, 1.54) is 15.6 Å². The van der Waals surface area contributed by atoms with Gasteiger partial charge in [-0.05, 0) is 40.2 Å². The molecule has 0 amide bonds. The van der Waals surface area contributed by atoms with E-state index in [-0.39, 0.29) is 6.10 Å². The fourth-order valence-corrected chi connectivity index (χ4v) is 3.20. The van der Waals surface area contributed by atoms with E-state index in [9.17, 15) is 0 Å². The SMILES string of the molecule is CCCNC(Cc1nc(C)c(C)s1)C(CC)OCC. The molecular formula is C15H28N2OS. The number of ether oxygens (including phenoxy) is 1. The fraction of sp³-hybridized carbons (Fsp3) is 0.800. The van der Waals surface area contributed by atoms with Gasteiger partial charge in [-0.25, -0.2) is 4.98 Å². The van der Waals surface area contributed by atoms with Gasteiger partial charge in [0, 0.05) is 23.9 Å². The van der Waals surface area contributed by atoms with Crippen molar-refractivity contribution in [3.8, 4) is 0 Å². The zero-order valence-corrected chi connectivity index (χ0v) is 13.8. The molecular weight excluding hydrogens is 256 g/mol. The van der Waals surface area contributed by atoms with Crippen LogP contribution in [0.25, 0.3) is 0 Å². The van der Waals surface area contributed by atoms with Crippen LogP contribution in [0.15, 0.2) is 0 Å². The molecule has 1 N–H and O–H groups in total. The lowest BCUT2D eigenvalue weighted by Gasteiger charge is -2.26. The van der Waals surface area contributed by atoms with Crippen molar-refractivity contribution in [2.75, 3.05) is 13.2 Å². The van der Waals surface area contributed by atoms with Gasteiger partial charge in [-0.15, -0.1) is 11.3 Å². The standard InChI is InChI=1S/C15H28N2OS/c1-6-9-16-13(14(7-2)18-8-3)10-15-17-11(4)12(5)19-15/h13-14,16H,6-10H2,1-5H3. The molecule has 0 saturated carbocycles. The third-order valence-corrected chi connectivity index (χ3v) is 4.45. The molecule has 0 bridgehead atoms. The molecule has 1 aromatic heterocycles. The Labute approximate surface area is 121 Å². The molecule has 3 nitrogen and oxygen atoms in total. The molecule has 0 aromatic carbocycles. The highest BCUT2D eigenvalue weighted by atomic mass is 32.1. The zero-order valence-electron chi connectivity index (χ0n) is 13.0. The van der Waals surface area contributed by atoms with Gasteiger partial charge in [0.25, 0.3) is 0 Å². The van der Waals surface area contributed by atoms with Crippen molar-refractivity contribution in [3.63, 3.8) is 0 Å². The van der Waals surface area contributed by atoms with Gasteiger partial charge in [-0.2, -0.15) is 0 Å². The molecule has 4 heteroatoms. The fourth-order valence-electron chi connectivity index (χ4n) is 2.21. The van der Waals surface area contributed by atoms with Crippen molar-refractivity contribution in [3.05, 3.63) is 15.6 Å². The van der Waals surface area contributed by atoms with E-state index >= 15 is 0 Å². The third-order valence-electron chi connectivity index (χ3n) is 3.36. The smallest absolute Gasteiger partial charge is 0.0947 e. The first-order valence-corrected chi connectivity index (χ1v) is 8.21. The second-order valence-electron chi connectivity index (χ2n) is 4.92. The van der Waals surface area contributed by atoms with Crippen molar-refractivity contribution < 1.29 is 4.74 Å². The minimum absolute atomic E-state index is 0.279. The summed E-state index contributed by atoms with van der Waals surface area (Å²) in [6.07, 6.45) is 3.44. The zero-order chi connectivity index (χ0) is 14.3. The Kier molecular flexibility index (Phi) is 7.57. The van der Waals surface area contributed by atoms with Gasteiger partial charge in [0.1, 0.15) is 0 Å². The maximum atomic E-state index is 5.87. The van der Waals surface area contributed by atoms with Crippen LogP contribution in [0.5, 0.6) is 0 Å². The van der Waals surface area contributed by atoms with Crippen LogP contribution < -0.4 is 5.32 Å². The van der Waals surface area contributed by atoms with Gasteiger partial charge < -0.3 is 10.1 Å². The lowest BCUT2D eigenvalue weighted by atomic mass is 10.1. The molecule has 0 fully saturated rings. The monoisotopic (exact) mass is 284 g/mol. The summed E-state index contributed by atoms with van der Waals surface area (Å²) >= 11 is 1.82. The van der Waals surface area contributed by atoms with Crippen LogP contribution >= 0.6 is 11.3 Å². The van der Waals surface area contributed by atoms with Crippen LogP contribution in [0.4, 0.5) is 0 Å². The molecule has 1 aromatic rings. The van der Waals surface area contributed by atoms with Crippen molar-refractivity contribution in [1.29, 1.82) is 0 Å². The van der Waals surface area contributed by atoms with Crippen LogP contribution in [-0.4, -0.2) is 30.3 Å². The third kappa shape index (κ3) is 5.21. The summed E-state index contributed by atoms with van der Waals surface area (Å²) < 4.78 is 5.87. The summed E-state index contributed by atoms with van der Waals surface area (Å²) in [5.41, 5.74) is 1.17. The van der Waals surface area contributed by atoms with Crippen molar-refractivity contribution >= 4 is 11.3 Å². The van der Waals surface area contributed by atoms with E-state index in [0.717, 1.165) is 32.4 Å². The van der Waals surface area contributed by atoms with E-state index in [1.807, 2.05) is 11.3 Å². The Morgan fingerprint density at radius 2 is 2.00 bits per heavy atom. The summed E-state index contributed by atoms with van der Waals surface area (Å²) in [6, 6.07) is 0.370. The highest BCUT2D eigenvalue weighted by Gasteiger charge is 2.21. The molecule has 1 rings (SSSR count). The Morgan fingerprint density at radius 3 is 2.47 bits per heavy atom. The molecule has 2 unspecified atom stereocenters. The number of rotatable bonds is 9. The van der Waals surface area contributed by atoms with E-state index in [1.54, 1.807) is 0 Å². The molecule has 0 radical (unpaired) electrons. The van der Waals surface area contributed by atoms with Crippen LogP contribution in [-0.2, 0) is 11.2 Å². The van der Waals surface area contributed by atoms with E-state index in [4.69, 9.17) is 4.74 Å². The first kappa shape index (κ1) is 16.6. The van der Waals surface area contributed by atoms with Crippen molar-refractivity contribution in [2.45, 2.75) is 66.0 Å². The summed E-state index contributed by atoms with van der Waals surface area (Å²) in [7, 11) is 0. The highest BCUT2D eigenvalue weighted by molar-refractivity contribution is 7.11. The molecule has 0 aliphatic heterocycles. The average molecular weight is 284 g/mol. The predicted molar refractivity (Wildman–Crippen MR) is 83.1 cm³/mol. The van der Waals surface area contributed by atoms with Gasteiger partial charge in [0.15, 0.2) is 0 Å². The molecule has 110 valence electrons. The topological polar surface area (TPSA) is 34.2 Å². The van der Waals surface area contributed by atoms with Crippen LogP contribution in [0.1, 0.15) is 49.2 Å². The molecule has 0 aliphatic carbocycles. The number of nitrogens with one attached hydrogen (secondary N) is 1. The second-order valence-corrected chi connectivity index (χ2v) is 6.20. The molecule has 0 spiro atoms. The van der Waals surface area contributed by atoms with Gasteiger partial charge in [-0.1, -0.05) is 13.8 Å². The number of aromatic nitrogens is 1. The van der Waals surface area contributed by atoms with Gasteiger partial charge in [0.05, 0.1) is 16.8 Å². The minimum atomic E-state index is 0.279. The summed E-state index contributed by atoms with van der Waals surface area (Å²) in [6.45, 7) is 12.5. The van der Waals surface area contributed by atoms with Crippen molar-refractivity contribution in [2.24, 2.45) is 0 Å². The number of thiazole rings is 1. The normalized spacial score (nSPS) is 14.6. The number of nitrogens with zero attached hydrogens (tertiary/aromatic N) is 1. The Bertz CT molecular complexity index is 346. The highest BCUT2D eigenvalue weighted by Crippen LogP contribution is 2.20. The second kappa shape index (κ2) is 8.67. The molecule has 0 saturated heterocycles. The Morgan fingerprint density at radius 1 is 1.26 bits per heavy atom. The Hall–Kier alpha value is -0.450. The van der Waals surface area contributed by atoms with E-state index in [2.05, 4.69) is 44.9 Å². The van der Waals surface area contributed by atoms with Gasteiger partial charge in [-0.3, -0.25) is 0 Å². The first-order chi connectivity index (χ1) is 9.12. The number of hydrogen-bond donors (Lipinski definition) is 1. The average Bonchev–Trinajstić information content (AvgIpc) is 2.71.